The first-order valence-electron chi connectivity index (χ1n) is 5.14. The Labute approximate surface area is 109 Å². The van der Waals surface area contributed by atoms with Gasteiger partial charge >= 0.3 is 0 Å². The molecule has 2 rings (SSSR count). The number of furan rings is 1. The van der Waals surface area contributed by atoms with Crippen molar-refractivity contribution in [2.45, 2.75) is 0 Å². The van der Waals surface area contributed by atoms with Gasteiger partial charge in [0, 0.05) is 30.1 Å². The molecule has 0 unspecified atom stereocenters. The Balaban J connectivity index is 2.08. The predicted molar refractivity (Wildman–Crippen MR) is 72.6 cm³/mol. The third-order valence-corrected chi connectivity index (χ3v) is 4.60. The van der Waals surface area contributed by atoms with Crippen LogP contribution in [0.15, 0.2) is 36.9 Å². The second-order valence-corrected chi connectivity index (χ2v) is 5.93. The highest BCUT2D eigenvalue weighted by molar-refractivity contribution is 8.28. The van der Waals surface area contributed by atoms with Crippen LogP contribution in [0.25, 0.3) is 6.08 Å². The lowest BCUT2D eigenvalue weighted by Crippen LogP contribution is -1.95. The lowest BCUT2D eigenvalue weighted by atomic mass is 10.4. The van der Waals surface area contributed by atoms with E-state index in [0.29, 0.717) is 13.2 Å². The molecule has 2 heterocycles. The van der Waals surface area contributed by atoms with Crippen molar-refractivity contribution >= 4 is 29.6 Å². The van der Waals surface area contributed by atoms with Crippen LogP contribution in [0.4, 0.5) is 0 Å². The molecule has 0 atom stereocenters. The quantitative estimate of drug-likeness (QED) is 0.816. The molecule has 1 aliphatic heterocycles. The predicted octanol–water partition coefficient (Wildman–Crippen LogP) is 3.56. The van der Waals surface area contributed by atoms with Gasteiger partial charge in [-0.25, -0.2) is 0 Å². The molecule has 3 nitrogen and oxygen atoms in total. The maximum atomic E-state index is 5.30. The van der Waals surface area contributed by atoms with Crippen molar-refractivity contribution < 1.29 is 13.9 Å². The van der Waals surface area contributed by atoms with Gasteiger partial charge in [0.25, 0.3) is 0 Å². The Kier molecular flexibility index (Phi) is 4.79. The molecular weight excluding hydrogens is 256 g/mol. The number of hydrogen-bond donors (Lipinski definition) is 0. The van der Waals surface area contributed by atoms with Gasteiger partial charge < -0.3 is 13.9 Å². The fourth-order valence-corrected chi connectivity index (χ4v) is 3.96. The van der Waals surface area contributed by atoms with Crippen molar-refractivity contribution in [2.75, 3.05) is 27.4 Å². The van der Waals surface area contributed by atoms with Crippen molar-refractivity contribution in [3.63, 3.8) is 0 Å². The van der Waals surface area contributed by atoms with Crippen LogP contribution in [0, 0.1) is 0 Å². The molecule has 17 heavy (non-hydrogen) atoms. The van der Waals surface area contributed by atoms with Gasteiger partial charge in [-0.05, 0) is 12.1 Å². The summed E-state index contributed by atoms with van der Waals surface area (Å²) in [5.74, 6) is 0.871. The fraction of sp³-hybridized carbons (Fsp3) is 0.333. The lowest BCUT2D eigenvalue weighted by Gasteiger charge is -2.01. The summed E-state index contributed by atoms with van der Waals surface area (Å²) in [6, 6.07) is 3.83. The molecule has 0 aromatic carbocycles. The highest BCUT2D eigenvalue weighted by Crippen LogP contribution is 2.49. The molecule has 0 saturated carbocycles. The first-order chi connectivity index (χ1) is 8.33. The van der Waals surface area contributed by atoms with Gasteiger partial charge in [-0.15, -0.1) is 0 Å². The molecule has 0 radical (unpaired) electrons. The summed E-state index contributed by atoms with van der Waals surface area (Å²) in [5, 5.41) is 0. The number of methoxy groups -OCH3 is 2. The number of hydrogen-bond acceptors (Lipinski definition) is 5. The molecule has 0 fully saturated rings. The highest BCUT2D eigenvalue weighted by Gasteiger charge is 2.20. The first kappa shape index (κ1) is 12.8. The molecule has 1 aliphatic rings. The summed E-state index contributed by atoms with van der Waals surface area (Å²) < 4.78 is 16.9. The second kappa shape index (κ2) is 6.35. The molecule has 0 amide bonds. The van der Waals surface area contributed by atoms with Gasteiger partial charge in [0.1, 0.15) is 5.76 Å². The molecule has 0 bridgehead atoms. The Morgan fingerprint density at radius 1 is 1.18 bits per heavy atom. The van der Waals surface area contributed by atoms with E-state index in [4.69, 9.17) is 13.9 Å². The number of ether oxygens (including phenoxy) is 2. The molecule has 1 aromatic heterocycles. The number of thioether (sulfide) groups is 2. The monoisotopic (exact) mass is 270 g/mol. The van der Waals surface area contributed by atoms with E-state index < -0.39 is 0 Å². The van der Waals surface area contributed by atoms with Gasteiger partial charge in [-0.2, -0.15) is 0 Å². The van der Waals surface area contributed by atoms with E-state index >= 15 is 0 Å². The van der Waals surface area contributed by atoms with Crippen LogP contribution in [0.1, 0.15) is 5.76 Å². The Morgan fingerprint density at radius 2 is 1.82 bits per heavy atom. The fourth-order valence-electron chi connectivity index (χ4n) is 1.41. The molecule has 5 heteroatoms. The molecule has 0 spiro atoms. The molecule has 1 aromatic rings. The normalized spacial score (nSPS) is 15.8. The lowest BCUT2D eigenvalue weighted by molar-refractivity contribution is 0.220. The molecular formula is C12H14O3S2. The van der Waals surface area contributed by atoms with Crippen molar-refractivity contribution in [3.05, 3.63) is 38.2 Å². The van der Waals surface area contributed by atoms with Gasteiger partial charge in [-0.1, -0.05) is 23.5 Å². The Bertz CT molecular complexity index is 401. The summed E-state index contributed by atoms with van der Waals surface area (Å²) in [6.07, 6.45) is 3.71. The van der Waals surface area contributed by atoms with Crippen molar-refractivity contribution in [1.82, 2.24) is 0 Å². The highest BCUT2D eigenvalue weighted by atomic mass is 32.2. The van der Waals surface area contributed by atoms with E-state index in [9.17, 15) is 0 Å². The van der Waals surface area contributed by atoms with Crippen LogP contribution >= 0.6 is 23.5 Å². The SMILES string of the molecule is COCC1=C(COC)SC(=Cc2ccco2)S1. The third-order valence-electron chi connectivity index (χ3n) is 2.11. The maximum Gasteiger partial charge on any atom is 0.128 e. The van der Waals surface area contributed by atoms with E-state index in [2.05, 4.69) is 0 Å². The minimum absolute atomic E-state index is 0.631. The van der Waals surface area contributed by atoms with Gasteiger partial charge in [0.15, 0.2) is 0 Å². The first-order valence-corrected chi connectivity index (χ1v) is 6.77. The minimum Gasteiger partial charge on any atom is -0.465 e. The summed E-state index contributed by atoms with van der Waals surface area (Å²) in [4.78, 5) is 2.44. The average molecular weight is 270 g/mol. The van der Waals surface area contributed by atoms with Crippen LogP contribution in [0.2, 0.25) is 0 Å². The van der Waals surface area contributed by atoms with Crippen molar-refractivity contribution in [2.24, 2.45) is 0 Å². The van der Waals surface area contributed by atoms with E-state index in [-0.39, 0.29) is 0 Å². The van der Waals surface area contributed by atoms with Crippen LogP contribution < -0.4 is 0 Å². The van der Waals surface area contributed by atoms with E-state index in [0.717, 1.165) is 5.76 Å². The van der Waals surface area contributed by atoms with Gasteiger partial charge in [-0.3, -0.25) is 0 Å². The van der Waals surface area contributed by atoms with Gasteiger partial charge in [0.2, 0.25) is 0 Å². The standard InChI is InChI=1S/C12H14O3S2/c1-13-7-10-11(8-14-2)17-12(16-10)6-9-4-3-5-15-9/h3-6H,7-8H2,1-2H3. The summed E-state index contributed by atoms with van der Waals surface area (Å²) in [5.41, 5.74) is 0. The smallest absolute Gasteiger partial charge is 0.128 e. The molecule has 0 saturated heterocycles. The van der Waals surface area contributed by atoms with Crippen molar-refractivity contribution in [1.29, 1.82) is 0 Å². The Morgan fingerprint density at radius 3 is 2.29 bits per heavy atom. The van der Waals surface area contributed by atoms with Crippen LogP contribution in [-0.4, -0.2) is 27.4 Å². The minimum atomic E-state index is 0.631. The summed E-state index contributed by atoms with van der Waals surface area (Å²) in [7, 11) is 3.41. The number of rotatable bonds is 5. The molecule has 0 aliphatic carbocycles. The van der Waals surface area contributed by atoms with Crippen molar-refractivity contribution in [3.8, 4) is 0 Å². The van der Waals surface area contributed by atoms with E-state index in [1.54, 1.807) is 44.0 Å². The van der Waals surface area contributed by atoms with Gasteiger partial charge in [0.05, 0.1) is 23.7 Å². The zero-order valence-electron chi connectivity index (χ0n) is 9.76. The van der Waals surface area contributed by atoms with E-state index in [1.807, 2.05) is 18.2 Å². The van der Waals surface area contributed by atoms with Crippen LogP contribution in [-0.2, 0) is 9.47 Å². The molecule has 92 valence electrons. The second-order valence-electron chi connectivity index (χ2n) is 3.40. The van der Waals surface area contributed by atoms with Crippen LogP contribution in [0.5, 0.6) is 0 Å². The zero-order chi connectivity index (χ0) is 12.1. The van der Waals surface area contributed by atoms with Crippen LogP contribution in [0.3, 0.4) is 0 Å². The maximum absolute atomic E-state index is 5.30. The van der Waals surface area contributed by atoms with E-state index in [1.165, 1.54) is 14.0 Å². The topological polar surface area (TPSA) is 31.6 Å². The third kappa shape index (κ3) is 3.42. The summed E-state index contributed by atoms with van der Waals surface area (Å²) >= 11 is 3.44. The zero-order valence-corrected chi connectivity index (χ0v) is 11.4. The summed E-state index contributed by atoms with van der Waals surface area (Å²) in [6.45, 7) is 1.26. The average Bonchev–Trinajstić information content (AvgIpc) is 2.91. The Hall–Kier alpha value is -0.620. The molecule has 0 N–H and O–H groups in total. The largest absolute Gasteiger partial charge is 0.465 e.